The van der Waals surface area contributed by atoms with Crippen molar-refractivity contribution in [2.45, 2.75) is 24.3 Å². The van der Waals surface area contributed by atoms with Crippen LogP contribution in [0.4, 0.5) is 0 Å². The minimum absolute atomic E-state index is 0.415. The predicted molar refractivity (Wildman–Crippen MR) is 79.3 cm³/mol. The average molecular weight is 276 g/mol. The molecular formula is C14H20N4S. The second-order valence-corrected chi connectivity index (χ2v) is 5.48. The molecule has 1 aromatic heterocycles. The summed E-state index contributed by atoms with van der Waals surface area (Å²) < 4.78 is 1.84. The van der Waals surface area contributed by atoms with Gasteiger partial charge in [0, 0.05) is 30.2 Å². The van der Waals surface area contributed by atoms with Gasteiger partial charge in [-0.25, -0.2) is 4.98 Å². The standard InChI is InChI=1S/C14H20N4S/c1-3-15-12(9-14-16-11-17-18(14)2)10-19-13-7-5-4-6-8-13/h4-8,11-12,15H,3,9-10H2,1-2H3. The largest absolute Gasteiger partial charge is 0.313 e. The van der Waals surface area contributed by atoms with Crippen LogP contribution in [0.5, 0.6) is 0 Å². The molecule has 0 fully saturated rings. The van der Waals surface area contributed by atoms with Crippen LogP contribution in [0.3, 0.4) is 0 Å². The van der Waals surface area contributed by atoms with Crippen molar-refractivity contribution in [1.82, 2.24) is 20.1 Å². The van der Waals surface area contributed by atoms with E-state index in [4.69, 9.17) is 0 Å². The Morgan fingerprint density at radius 3 is 2.74 bits per heavy atom. The molecule has 19 heavy (non-hydrogen) atoms. The van der Waals surface area contributed by atoms with Crippen LogP contribution >= 0.6 is 11.8 Å². The van der Waals surface area contributed by atoms with Crippen molar-refractivity contribution in [1.29, 1.82) is 0 Å². The third-order valence-corrected chi connectivity index (χ3v) is 4.10. The van der Waals surface area contributed by atoms with Crippen LogP contribution in [0.25, 0.3) is 0 Å². The molecule has 2 rings (SSSR count). The van der Waals surface area contributed by atoms with Gasteiger partial charge in [-0.2, -0.15) is 5.10 Å². The molecule has 1 atom stereocenters. The summed E-state index contributed by atoms with van der Waals surface area (Å²) in [7, 11) is 1.94. The Labute approximate surface area is 118 Å². The minimum atomic E-state index is 0.415. The Balaban J connectivity index is 1.91. The Hall–Kier alpha value is -1.33. The van der Waals surface area contributed by atoms with E-state index < -0.39 is 0 Å². The second kappa shape index (κ2) is 7.31. The first-order valence-corrected chi connectivity index (χ1v) is 7.52. The average Bonchev–Trinajstić information content (AvgIpc) is 2.83. The first kappa shape index (κ1) is 14.1. The topological polar surface area (TPSA) is 42.7 Å². The van der Waals surface area contributed by atoms with Crippen molar-refractivity contribution in [3.63, 3.8) is 0 Å². The van der Waals surface area contributed by atoms with Gasteiger partial charge in [0.1, 0.15) is 12.2 Å². The van der Waals surface area contributed by atoms with Gasteiger partial charge in [0.15, 0.2) is 0 Å². The van der Waals surface area contributed by atoms with Gasteiger partial charge in [0.05, 0.1) is 0 Å². The number of likely N-dealkylation sites (N-methyl/N-ethyl adjacent to an activating group) is 1. The molecular weight excluding hydrogens is 256 g/mol. The molecule has 1 aromatic carbocycles. The van der Waals surface area contributed by atoms with Crippen LogP contribution in [-0.2, 0) is 13.5 Å². The number of hydrogen-bond donors (Lipinski definition) is 1. The van der Waals surface area contributed by atoms with Gasteiger partial charge in [-0.3, -0.25) is 4.68 Å². The number of nitrogens with one attached hydrogen (secondary N) is 1. The zero-order valence-corrected chi connectivity index (χ0v) is 12.2. The first-order chi connectivity index (χ1) is 9.29. The number of benzene rings is 1. The van der Waals surface area contributed by atoms with E-state index >= 15 is 0 Å². The number of rotatable bonds is 7. The molecule has 4 nitrogen and oxygen atoms in total. The fourth-order valence-corrected chi connectivity index (χ4v) is 2.90. The lowest BCUT2D eigenvalue weighted by Crippen LogP contribution is -2.34. The van der Waals surface area contributed by atoms with Gasteiger partial charge >= 0.3 is 0 Å². The summed E-state index contributed by atoms with van der Waals surface area (Å²) >= 11 is 1.88. The van der Waals surface area contributed by atoms with Crippen molar-refractivity contribution in [2.75, 3.05) is 12.3 Å². The number of aromatic nitrogens is 3. The maximum atomic E-state index is 4.30. The van der Waals surface area contributed by atoms with E-state index in [2.05, 4.69) is 46.6 Å². The van der Waals surface area contributed by atoms with Crippen molar-refractivity contribution in [3.05, 3.63) is 42.5 Å². The maximum Gasteiger partial charge on any atom is 0.138 e. The lowest BCUT2D eigenvalue weighted by molar-refractivity contribution is 0.542. The molecule has 0 spiro atoms. The lowest BCUT2D eigenvalue weighted by Gasteiger charge is -2.16. The smallest absolute Gasteiger partial charge is 0.138 e. The molecule has 0 amide bonds. The van der Waals surface area contributed by atoms with E-state index in [0.717, 1.165) is 24.5 Å². The Morgan fingerprint density at radius 2 is 2.11 bits per heavy atom. The molecule has 102 valence electrons. The van der Waals surface area contributed by atoms with Crippen LogP contribution < -0.4 is 5.32 Å². The molecule has 0 aliphatic carbocycles. The highest BCUT2D eigenvalue weighted by Crippen LogP contribution is 2.18. The van der Waals surface area contributed by atoms with Crippen LogP contribution in [0, 0.1) is 0 Å². The van der Waals surface area contributed by atoms with Gasteiger partial charge in [-0.15, -0.1) is 11.8 Å². The van der Waals surface area contributed by atoms with Crippen LogP contribution in [-0.4, -0.2) is 33.1 Å². The molecule has 1 N–H and O–H groups in total. The Bertz CT molecular complexity index is 483. The Morgan fingerprint density at radius 1 is 1.32 bits per heavy atom. The molecule has 1 heterocycles. The van der Waals surface area contributed by atoms with Crippen LogP contribution in [0.1, 0.15) is 12.7 Å². The SMILES string of the molecule is CCNC(CSc1ccccc1)Cc1ncnn1C. The molecule has 0 saturated heterocycles. The normalized spacial score (nSPS) is 12.5. The van der Waals surface area contributed by atoms with E-state index in [1.165, 1.54) is 4.90 Å². The summed E-state index contributed by atoms with van der Waals surface area (Å²) in [6.07, 6.45) is 2.52. The van der Waals surface area contributed by atoms with Gasteiger partial charge in [0.25, 0.3) is 0 Å². The molecule has 0 aliphatic rings. The fraction of sp³-hybridized carbons (Fsp3) is 0.429. The fourth-order valence-electron chi connectivity index (χ4n) is 1.92. The third kappa shape index (κ3) is 4.36. The summed E-state index contributed by atoms with van der Waals surface area (Å²) in [6.45, 7) is 3.11. The Kier molecular flexibility index (Phi) is 5.42. The zero-order valence-electron chi connectivity index (χ0n) is 11.4. The third-order valence-electron chi connectivity index (χ3n) is 2.92. The maximum absolute atomic E-state index is 4.30. The van der Waals surface area contributed by atoms with Crippen molar-refractivity contribution in [2.24, 2.45) is 7.05 Å². The first-order valence-electron chi connectivity index (χ1n) is 6.53. The number of hydrogen-bond acceptors (Lipinski definition) is 4. The van der Waals surface area contributed by atoms with Gasteiger partial charge in [-0.1, -0.05) is 25.1 Å². The van der Waals surface area contributed by atoms with E-state index in [0.29, 0.717) is 6.04 Å². The second-order valence-electron chi connectivity index (χ2n) is 4.38. The van der Waals surface area contributed by atoms with Crippen LogP contribution in [0.2, 0.25) is 0 Å². The van der Waals surface area contributed by atoms with Crippen molar-refractivity contribution < 1.29 is 0 Å². The van der Waals surface area contributed by atoms with E-state index in [9.17, 15) is 0 Å². The summed E-state index contributed by atoms with van der Waals surface area (Å²) in [5, 5.41) is 7.64. The molecule has 0 bridgehead atoms. The minimum Gasteiger partial charge on any atom is -0.313 e. The number of thioether (sulfide) groups is 1. The van der Waals surface area contributed by atoms with Gasteiger partial charge < -0.3 is 5.32 Å². The molecule has 1 unspecified atom stereocenters. The van der Waals surface area contributed by atoms with E-state index in [-0.39, 0.29) is 0 Å². The highest BCUT2D eigenvalue weighted by Gasteiger charge is 2.12. The van der Waals surface area contributed by atoms with Crippen molar-refractivity contribution in [3.8, 4) is 0 Å². The number of nitrogens with zero attached hydrogens (tertiary/aromatic N) is 3. The van der Waals surface area contributed by atoms with Gasteiger partial charge in [-0.05, 0) is 18.7 Å². The highest BCUT2D eigenvalue weighted by atomic mass is 32.2. The molecule has 0 saturated carbocycles. The predicted octanol–water partition coefficient (Wildman–Crippen LogP) is 2.13. The summed E-state index contributed by atoms with van der Waals surface area (Å²) in [4.78, 5) is 5.60. The van der Waals surface area contributed by atoms with Crippen molar-refractivity contribution >= 4 is 11.8 Å². The highest BCUT2D eigenvalue weighted by molar-refractivity contribution is 7.99. The lowest BCUT2D eigenvalue weighted by atomic mass is 10.2. The molecule has 5 heteroatoms. The summed E-state index contributed by atoms with van der Waals surface area (Å²) in [6, 6.07) is 10.9. The van der Waals surface area contributed by atoms with E-state index in [1.807, 2.05) is 29.6 Å². The van der Waals surface area contributed by atoms with E-state index in [1.54, 1.807) is 6.33 Å². The van der Waals surface area contributed by atoms with Gasteiger partial charge in [0.2, 0.25) is 0 Å². The quantitative estimate of drug-likeness (QED) is 0.787. The molecule has 0 radical (unpaired) electrons. The molecule has 2 aromatic rings. The number of aryl methyl sites for hydroxylation is 1. The van der Waals surface area contributed by atoms with Crippen LogP contribution in [0.15, 0.2) is 41.6 Å². The summed E-state index contributed by atoms with van der Waals surface area (Å²) in [5.41, 5.74) is 0. The molecule has 0 aliphatic heterocycles. The summed E-state index contributed by atoms with van der Waals surface area (Å²) in [5.74, 6) is 2.06. The zero-order chi connectivity index (χ0) is 13.5. The monoisotopic (exact) mass is 276 g/mol.